The summed E-state index contributed by atoms with van der Waals surface area (Å²) in [4.78, 5) is 10.6. The van der Waals surface area contributed by atoms with Gasteiger partial charge in [0.2, 0.25) is 0 Å². The maximum atomic E-state index is 10.6. The lowest BCUT2D eigenvalue weighted by atomic mass is 9.90. The standard InChI is InChI=1S/C21H34O4/c22-12-8-4-2-1-3-5-10-18-19-14-16(9-6-7-11-21(24)25)13-17(19)15-20(18)23/h5,9-10,17-20,22-23H,1-4,6-8,11-15H2,(H,24,25)/b10-5+,16-9+/t17-,18+,19-,20+/m0/s1. The van der Waals surface area contributed by atoms with Crippen LogP contribution in [-0.2, 0) is 4.79 Å². The molecule has 0 bridgehead atoms. The first-order chi connectivity index (χ1) is 12.1. The van der Waals surface area contributed by atoms with Crippen molar-refractivity contribution in [2.45, 2.75) is 76.7 Å². The molecule has 2 saturated carbocycles. The molecular weight excluding hydrogens is 316 g/mol. The molecule has 4 nitrogen and oxygen atoms in total. The summed E-state index contributed by atoms with van der Waals surface area (Å²) in [5.74, 6) is 0.727. The van der Waals surface area contributed by atoms with Crippen LogP contribution in [0.15, 0.2) is 23.8 Å². The molecule has 2 fully saturated rings. The van der Waals surface area contributed by atoms with Crippen LogP contribution in [0, 0.1) is 17.8 Å². The van der Waals surface area contributed by atoms with Gasteiger partial charge in [-0.3, -0.25) is 4.79 Å². The van der Waals surface area contributed by atoms with Gasteiger partial charge in [0.05, 0.1) is 6.10 Å². The summed E-state index contributed by atoms with van der Waals surface area (Å²) in [6, 6.07) is 0. The monoisotopic (exact) mass is 350 g/mol. The van der Waals surface area contributed by atoms with Gasteiger partial charge in [-0.2, -0.15) is 0 Å². The molecule has 142 valence electrons. The van der Waals surface area contributed by atoms with Gasteiger partial charge in [-0.25, -0.2) is 0 Å². The van der Waals surface area contributed by atoms with E-state index in [1.165, 1.54) is 5.57 Å². The highest BCUT2D eigenvalue weighted by Gasteiger charge is 2.44. The van der Waals surface area contributed by atoms with Crippen LogP contribution in [0.1, 0.15) is 70.6 Å². The minimum Gasteiger partial charge on any atom is -0.481 e. The molecule has 0 heterocycles. The first-order valence-electron chi connectivity index (χ1n) is 9.97. The zero-order valence-electron chi connectivity index (χ0n) is 15.3. The Hall–Kier alpha value is -1.13. The Morgan fingerprint density at radius 2 is 1.88 bits per heavy atom. The summed E-state index contributed by atoms with van der Waals surface area (Å²) in [6.45, 7) is 0.291. The third-order valence-electron chi connectivity index (χ3n) is 5.78. The Bertz CT molecular complexity index is 469. The number of aliphatic hydroxyl groups is 2. The minimum atomic E-state index is -0.716. The van der Waals surface area contributed by atoms with E-state index >= 15 is 0 Å². The van der Waals surface area contributed by atoms with Crippen LogP contribution < -0.4 is 0 Å². The fourth-order valence-electron chi connectivity index (χ4n) is 4.48. The Balaban J connectivity index is 1.73. The number of carbonyl (C=O) groups is 1. The predicted octanol–water partition coefficient (Wildman–Crippen LogP) is 4.07. The van der Waals surface area contributed by atoms with Crippen LogP contribution in [0.2, 0.25) is 0 Å². The van der Waals surface area contributed by atoms with E-state index in [2.05, 4.69) is 18.2 Å². The summed E-state index contributed by atoms with van der Waals surface area (Å²) in [7, 11) is 0. The molecule has 0 aromatic carbocycles. The van der Waals surface area contributed by atoms with Gasteiger partial charge in [-0.15, -0.1) is 0 Å². The molecule has 4 heteroatoms. The maximum absolute atomic E-state index is 10.6. The average Bonchev–Trinajstić information content (AvgIpc) is 3.08. The number of allylic oxidation sites excluding steroid dienone is 3. The van der Waals surface area contributed by atoms with E-state index in [0.29, 0.717) is 18.4 Å². The summed E-state index contributed by atoms with van der Waals surface area (Å²) < 4.78 is 0. The van der Waals surface area contributed by atoms with Gasteiger partial charge in [0.1, 0.15) is 0 Å². The van der Waals surface area contributed by atoms with Crippen molar-refractivity contribution in [3.05, 3.63) is 23.8 Å². The number of fused-ring (bicyclic) bond motifs is 1. The predicted molar refractivity (Wildman–Crippen MR) is 99.2 cm³/mol. The van der Waals surface area contributed by atoms with Gasteiger partial charge >= 0.3 is 5.97 Å². The third-order valence-corrected chi connectivity index (χ3v) is 5.78. The van der Waals surface area contributed by atoms with E-state index in [0.717, 1.165) is 64.2 Å². The van der Waals surface area contributed by atoms with Crippen LogP contribution in [0.3, 0.4) is 0 Å². The summed E-state index contributed by atoms with van der Waals surface area (Å²) in [5.41, 5.74) is 1.47. The van der Waals surface area contributed by atoms with E-state index in [1.807, 2.05) is 0 Å². The zero-order valence-corrected chi connectivity index (χ0v) is 15.3. The number of hydrogen-bond acceptors (Lipinski definition) is 3. The van der Waals surface area contributed by atoms with E-state index in [4.69, 9.17) is 10.2 Å². The topological polar surface area (TPSA) is 77.8 Å². The lowest BCUT2D eigenvalue weighted by Crippen LogP contribution is -2.16. The van der Waals surface area contributed by atoms with Crippen molar-refractivity contribution in [1.82, 2.24) is 0 Å². The highest BCUT2D eigenvalue weighted by atomic mass is 16.4. The van der Waals surface area contributed by atoms with Crippen molar-refractivity contribution in [2.75, 3.05) is 6.61 Å². The quantitative estimate of drug-likeness (QED) is 0.388. The molecule has 0 aliphatic heterocycles. The number of aliphatic carboxylic acids is 1. The van der Waals surface area contributed by atoms with E-state index in [1.54, 1.807) is 0 Å². The van der Waals surface area contributed by atoms with Crippen molar-refractivity contribution in [2.24, 2.45) is 17.8 Å². The molecule has 2 aliphatic rings. The van der Waals surface area contributed by atoms with Crippen molar-refractivity contribution in [3.63, 3.8) is 0 Å². The van der Waals surface area contributed by atoms with Gasteiger partial charge in [0.15, 0.2) is 0 Å². The maximum Gasteiger partial charge on any atom is 0.303 e. The smallest absolute Gasteiger partial charge is 0.303 e. The number of aliphatic hydroxyl groups excluding tert-OH is 2. The van der Waals surface area contributed by atoms with Crippen LogP contribution in [0.5, 0.6) is 0 Å². The second-order valence-electron chi connectivity index (χ2n) is 7.72. The molecule has 0 spiro atoms. The van der Waals surface area contributed by atoms with E-state index in [9.17, 15) is 9.90 Å². The fraction of sp³-hybridized carbons (Fsp3) is 0.762. The van der Waals surface area contributed by atoms with Crippen molar-refractivity contribution in [1.29, 1.82) is 0 Å². The number of hydrogen-bond donors (Lipinski definition) is 3. The van der Waals surface area contributed by atoms with E-state index < -0.39 is 5.97 Å². The molecule has 0 saturated heterocycles. The molecule has 2 rings (SSSR count). The molecule has 0 aromatic heterocycles. The fourth-order valence-corrected chi connectivity index (χ4v) is 4.48. The normalized spacial score (nSPS) is 30.4. The van der Waals surface area contributed by atoms with Crippen LogP contribution in [0.4, 0.5) is 0 Å². The SMILES string of the molecule is O=C(O)CCC/C=C1\C[C@H]2C[C@@H](O)[C@H](/C=C/CCCCCCO)[C@H]2C1. The molecule has 0 unspecified atom stereocenters. The minimum absolute atomic E-state index is 0.200. The van der Waals surface area contributed by atoms with Crippen LogP contribution >= 0.6 is 0 Å². The molecule has 0 amide bonds. The number of carboxylic acid groups (broad SMARTS) is 1. The van der Waals surface area contributed by atoms with Gasteiger partial charge < -0.3 is 15.3 Å². The summed E-state index contributed by atoms with van der Waals surface area (Å²) in [5, 5.41) is 27.8. The Kier molecular flexibility index (Phi) is 8.70. The zero-order chi connectivity index (χ0) is 18.1. The molecule has 2 aliphatic carbocycles. The Morgan fingerprint density at radius 3 is 2.64 bits per heavy atom. The Morgan fingerprint density at radius 1 is 1.08 bits per heavy atom. The highest BCUT2D eigenvalue weighted by Crippen LogP contribution is 2.50. The first-order valence-corrected chi connectivity index (χ1v) is 9.97. The Labute approximate surface area is 151 Å². The molecule has 0 radical (unpaired) electrons. The lowest BCUT2D eigenvalue weighted by molar-refractivity contribution is -0.137. The molecule has 3 N–H and O–H groups in total. The van der Waals surface area contributed by atoms with Crippen molar-refractivity contribution in [3.8, 4) is 0 Å². The van der Waals surface area contributed by atoms with Crippen LogP contribution in [0.25, 0.3) is 0 Å². The molecule has 25 heavy (non-hydrogen) atoms. The molecule has 4 atom stereocenters. The average molecular weight is 350 g/mol. The van der Waals surface area contributed by atoms with Crippen molar-refractivity contribution >= 4 is 5.97 Å². The van der Waals surface area contributed by atoms with Crippen molar-refractivity contribution < 1.29 is 20.1 Å². The largest absolute Gasteiger partial charge is 0.481 e. The second-order valence-corrected chi connectivity index (χ2v) is 7.72. The van der Waals surface area contributed by atoms with Gasteiger partial charge in [-0.1, -0.05) is 36.6 Å². The summed E-state index contributed by atoms with van der Waals surface area (Å²) in [6.07, 6.45) is 16.8. The highest BCUT2D eigenvalue weighted by molar-refractivity contribution is 5.66. The number of unbranched alkanes of at least 4 members (excludes halogenated alkanes) is 5. The van der Waals surface area contributed by atoms with Gasteiger partial charge in [-0.05, 0) is 63.2 Å². The number of rotatable bonds is 11. The second kappa shape index (κ2) is 10.8. The molecular formula is C21H34O4. The summed E-state index contributed by atoms with van der Waals surface area (Å²) >= 11 is 0. The first kappa shape index (κ1) is 20.2. The lowest BCUT2D eigenvalue weighted by Gasteiger charge is -2.17. The van der Waals surface area contributed by atoms with E-state index in [-0.39, 0.29) is 18.4 Å². The third kappa shape index (κ3) is 6.59. The van der Waals surface area contributed by atoms with Crippen LogP contribution in [-0.4, -0.2) is 34.0 Å². The molecule has 0 aromatic rings. The van der Waals surface area contributed by atoms with Gasteiger partial charge in [0, 0.05) is 18.9 Å². The number of carboxylic acids is 1. The van der Waals surface area contributed by atoms with Gasteiger partial charge in [0.25, 0.3) is 0 Å².